The molecule has 2 N–H and O–H groups in total. The van der Waals surface area contributed by atoms with Crippen molar-refractivity contribution in [3.8, 4) is 5.88 Å². The first-order chi connectivity index (χ1) is 9.74. The van der Waals surface area contributed by atoms with E-state index >= 15 is 0 Å². The average molecular weight is 275 g/mol. The van der Waals surface area contributed by atoms with Crippen LogP contribution in [-0.2, 0) is 4.79 Å². The van der Waals surface area contributed by atoms with Gasteiger partial charge in [0.1, 0.15) is 5.69 Å². The number of nitrogens with one attached hydrogen (secondary N) is 2. The summed E-state index contributed by atoms with van der Waals surface area (Å²) >= 11 is 0. The van der Waals surface area contributed by atoms with Crippen LogP contribution in [-0.4, -0.2) is 30.1 Å². The summed E-state index contributed by atoms with van der Waals surface area (Å²) in [6.45, 7) is 0. The predicted octanol–water partition coefficient (Wildman–Crippen LogP) is 1.95. The summed E-state index contributed by atoms with van der Waals surface area (Å²) < 4.78 is 5.14. The van der Waals surface area contributed by atoms with E-state index in [1.165, 1.54) is 12.8 Å². The number of amides is 1. The van der Waals surface area contributed by atoms with Gasteiger partial charge >= 0.3 is 0 Å². The quantitative estimate of drug-likeness (QED) is 0.881. The summed E-state index contributed by atoms with van der Waals surface area (Å²) in [6.07, 6.45) is 7.01. The molecule has 0 spiro atoms. The number of piperidine rings is 1. The fourth-order valence-corrected chi connectivity index (χ4v) is 3.45. The fourth-order valence-electron chi connectivity index (χ4n) is 3.45. The highest BCUT2D eigenvalue weighted by Gasteiger charge is 2.34. The Labute approximate surface area is 119 Å². The maximum atomic E-state index is 12.2. The molecule has 2 aliphatic rings. The molecule has 5 heteroatoms. The Bertz CT molecular complexity index is 480. The average Bonchev–Trinajstić information content (AvgIpc) is 2.78. The van der Waals surface area contributed by atoms with Gasteiger partial charge in [0.25, 0.3) is 0 Å². The lowest BCUT2D eigenvalue weighted by molar-refractivity contribution is -0.117. The molecular weight excluding hydrogens is 254 g/mol. The molecule has 3 heterocycles. The largest absolute Gasteiger partial charge is 0.480 e. The van der Waals surface area contributed by atoms with Crippen LogP contribution in [0.4, 0.5) is 5.69 Å². The van der Waals surface area contributed by atoms with Gasteiger partial charge in [0.05, 0.1) is 7.11 Å². The SMILES string of the molecule is COc1ncccc1NC(=O)CC1CC2CCC(C1)N2. The summed E-state index contributed by atoms with van der Waals surface area (Å²) in [7, 11) is 1.56. The Morgan fingerprint density at radius 2 is 2.20 bits per heavy atom. The highest BCUT2D eigenvalue weighted by atomic mass is 16.5. The number of hydrogen-bond donors (Lipinski definition) is 2. The molecule has 3 rings (SSSR count). The van der Waals surface area contributed by atoms with Crippen LogP contribution >= 0.6 is 0 Å². The van der Waals surface area contributed by atoms with Crippen molar-refractivity contribution in [1.82, 2.24) is 10.3 Å². The summed E-state index contributed by atoms with van der Waals surface area (Å²) in [4.78, 5) is 16.3. The van der Waals surface area contributed by atoms with Gasteiger partial charge in [-0.15, -0.1) is 0 Å². The smallest absolute Gasteiger partial charge is 0.237 e. The molecule has 5 nitrogen and oxygen atoms in total. The van der Waals surface area contributed by atoms with Crippen molar-refractivity contribution in [2.24, 2.45) is 5.92 Å². The number of aromatic nitrogens is 1. The monoisotopic (exact) mass is 275 g/mol. The van der Waals surface area contributed by atoms with Crippen LogP contribution in [0.3, 0.4) is 0 Å². The topological polar surface area (TPSA) is 63.2 Å². The second-order valence-electron chi connectivity index (χ2n) is 5.79. The number of pyridine rings is 1. The number of carbonyl (C=O) groups excluding carboxylic acids is 1. The molecular formula is C15H21N3O2. The van der Waals surface area contributed by atoms with E-state index in [0.717, 1.165) is 12.8 Å². The van der Waals surface area contributed by atoms with Gasteiger partial charge in [0.2, 0.25) is 11.8 Å². The van der Waals surface area contributed by atoms with E-state index in [0.29, 0.717) is 36.0 Å². The Morgan fingerprint density at radius 3 is 2.90 bits per heavy atom. The van der Waals surface area contributed by atoms with Crippen molar-refractivity contribution < 1.29 is 9.53 Å². The van der Waals surface area contributed by atoms with Crippen LogP contribution in [0.5, 0.6) is 5.88 Å². The molecule has 2 atom stereocenters. The normalized spacial score (nSPS) is 28.1. The molecule has 0 aliphatic carbocycles. The number of nitrogens with zero attached hydrogens (tertiary/aromatic N) is 1. The number of fused-ring (bicyclic) bond motifs is 2. The molecule has 1 aromatic heterocycles. The van der Waals surface area contributed by atoms with Crippen LogP contribution in [0.1, 0.15) is 32.1 Å². The van der Waals surface area contributed by atoms with Crippen molar-refractivity contribution >= 4 is 11.6 Å². The molecule has 2 bridgehead atoms. The van der Waals surface area contributed by atoms with Gasteiger partial charge in [0, 0.05) is 24.7 Å². The molecule has 20 heavy (non-hydrogen) atoms. The van der Waals surface area contributed by atoms with E-state index in [1.807, 2.05) is 6.07 Å². The van der Waals surface area contributed by atoms with E-state index in [2.05, 4.69) is 15.6 Å². The number of rotatable bonds is 4. The molecule has 1 amide bonds. The first-order valence-corrected chi connectivity index (χ1v) is 7.29. The van der Waals surface area contributed by atoms with Crippen LogP contribution in [0.25, 0.3) is 0 Å². The maximum Gasteiger partial charge on any atom is 0.237 e. The zero-order valence-corrected chi connectivity index (χ0v) is 11.8. The van der Waals surface area contributed by atoms with Gasteiger partial charge in [-0.2, -0.15) is 0 Å². The predicted molar refractivity (Wildman–Crippen MR) is 76.7 cm³/mol. The van der Waals surface area contributed by atoms with Crippen molar-refractivity contribution in [1.29, 1.82) is 0 Å². The minimum Gasteiger partial charge on any atom is -0.480 e. The number of anilines is 1. The molecule has 0 aromatic carbocycles. The summed E-state index contributed by atoms with van der Waals surface area (Å²) in [5, 5.41) is 6.51. The molecule has 2 saturated heterocycles. The van der Waals surface area contributed by atoms with E-state index in [1.54, 1.807) is 19.4 Å². The van der Waals surface area contributed by atoms with Crippen LogP contribution in [0.2, 0.25) is 0 Å². The highest BCUT2D eigenvalue weighted by molar-refractivity contribution is 5.92. The van der Waals surface area contributed by atoms with Crippen LogP contribution in [0.15, 0.2) is 18.3 Å². The zero-order valence-electron chi connectivity index (χ0n) is 11.8. The van der Waals surface area contributed by atoms with E-state index in [9.17, 15) is 4.79 Å². The van der Waals surface area contributed by atoms with Crippen molar-refractivity contribution in [2.45, 2.75) is 44.2 Å². The van der Waals surface area contributed by atoms with Crippen LogP contribution < -0.4 is 15.4 Å². The van der Waals surface area contributed by atoms with Crippen LogP contribution in [0, 0.1) is 5.92 Å². The minimum atomic E-state index is 0.0580. The molecule has 1 aromatic rings. The number of methoxy groups -OCH3 is 1. The van der Waals surface area contributed by atoms with Gasteiger partial charge in [-0.25, -0.2) is 4.98 Å². The Kier molecular flexibility index (Phi) is 3.87. The van der Waals surface area contributed by atoms with E-state index in [4.69, 9.17) is 4.74 Å². The third-order valence-corrected chi connectivity index (χ3v) is 4.28. The van der Waals surface area contributed by atoms with Gasteiger partial charge in [-0.05, 0) is 43.7 Å². The molecule has 0 saturated carbocycles. The standard InChI is InChI=1S/C15H21N3O2/c1-20-15-13(3-2-6-16-15)18-14(19)9-10-7-11-4-5-12(8-10)17-11/h2-3,6,10-12,17H,4-5,7-9H2,1H3,(H,18,19). The summed E-state index contributed by atoms with van der Waals surface area (Å²) in [6, 6.07) is 4.86. The van der Waals surface area contributed by atoms with E-state index < -0.39 is 0 Å². The lowest BCUT2D eigenvalue weighted by Gasteiger charge is -2.28. The highest BCUT2D eigenvalue weighted by Crippen LogP contribution is 2.33. The third-order valence-electron chi connectivity index (χ3n) is 4.28. The van der Waals surface area contributed by atoms with Gasteiger partial charge < -0.3 is 15.4 Å². The zero-order chi connectivity index (χ0) is 13.9. The fraction of sp³-hybridized carbons (Fsp3) is 0.600. The van der Waals surface area contributed by atoms with E-state index in [-0.39, 0.29) is 5.91 Å². The molecule has 2 unspecified atom stereocenters. The summed E-state index contributed by atoms with van der Waals surface area (Å²) in [5.74, 6) is 1.02. The Balaban J connectivity index is 1.57. The Hall–Kier alpha value is -1.62. The first-order valence-electron chi connectivity index (χ1n) is 7.29. The van der Waals surface area contributed by atoms with Gasteiger partial charge in [0.15, 0.2) is 0 Å². The number of carbonyl (C=O) groups is 1. The molecule has 2 aliphatic heterocycles. The minimum absolute atomic E-state index is 0.0580. The Morgan fingerprint density at radius 1 is 1.45 bits per heavy atom. The number of ether oxygens (including phenoxy) is 1. The van der Waals surface area contributed by atoms with Crippen molar-refractivity contribution in [3.63, 3.8) is 0 Å². The lowest BCUT2D eigenvalue weighted by atomic mass is 9.89. The van der Waals surface area contributed by atoms with Crippen molar-refractivity contribution in [2.75, 3.05) is 12.4 Å². The van der Waals surface area contributed by atoms with Crippen molar-refractivity contribution in [3.05, 3.63) is 18.3 Å². The third kappa shape index (κ3) is 2.93. The van der Waals surface area contributed by atoms with Gasteiger partial charge in [-0.3, -0.25) is 4.79 Å². The second kappa shape index (κ2) is 5.79. The first kappa shape index (κ1) is 13.4. The van der Waals surface area contributed by atoms with Gasteiger partial charge in [-0.1, -0.05) is 0 Å². The second-order valence-corrected chi connectivity index (χ2v) is 5.79. The molecule has 108 valence electrons. The molecule has 2 fully saturated rings. The maximum absolute atomic E-state index is 12.2. The summed E-state index contributed by atoms with van der Waals surface area (Å²) in [5.41, 5.74) is 0.650. The number of hydrogen-bond acceptors (Lipinski definition) is 4. The lowest BCUT2D eigenvalue weighted by Crippen LogP contribution is -2.39. The molecule has 0 radical (unpaired) electrons.